The Morgan fingerprint density at radius 2 is 1.54 bits per heavy atom. The first-order chi connectivity index (χ1) is 13.8. The van der Waals surface area contributed by atoms with Crippen LogP contribution in [0.3, 0.4) is 0 Å². The number of esters is 1. The van der Waals surface area contributed by atoms with Gasteiger partial charge in [0.15, 0.2) is 0 Å². The molecule has 0 amide bonds. The van der Waals surface area contributed by atoms with Gasteiger partial charge in [0.1, 0.15) is 6.61 Å². The van der Waals surface area contributed by atoms with E-state index in [-0.39, 0.29) is 12.1 Å². The van der Waals surface area contributed by atoms with Crippen LogP contribution in [0.4, 0.5) is 0 Å². The molecule has 1 unspecified atom stereocenters. The van der Waals surface area contributed by atoms with Crippen molar-refractivity contribution < 1.29 is 24.4 Å². The Bertz CT molecular complexity index is 388. The lowest BCUT2D eigenvalue weighted by Crippen LogP contribution is -2.20. The average Bonchev–Trinajstić information content (AvgIpc) is 2.74. The van der Waals surface area contributed by atoms with E-state index in [0.717, 1.165) is 57.3 Å². The van der Waals surface area contributed by atoms with E-state index < -0.39 is 0 Å². The molecule has 5 nitrogen and oxygen atoms in total. The summed E-state index contributed by atoms with van der Waals surface area (Å²) in [4.78, 5) is 16.5. The number of ether oxygens (including phenoxy) is 2. The van der Waals surface area contributed by atoms with Crippen LogP contribution in [-0.2, 0) is 19.2 Å². The van der Waals surface area contributed by atoms with E-state index in [1.54, 1.807) is 0 Å². The summed E-state index contributed by atoms with van der Waals surface area (Å²) in [6, 6.07) is 0. The summed E-state index contributed by atoms with van der Waals surface area (Å²) in [5.41, 5.74) is 0. The van der Waals surface area contributed by atoms with E-state index in [9.17, 15) is 4.79 Å². The molecule has 0 spiro atoms. The maximum absolute atomic E-state index is 11.8. The van der Waals surface area contributed by atoms with Crippen molar-refractivity contribution in [3.8, 4) is 0 Å². The Balaban J connectivity index is 1.38. The van der Waals surface area contributed by atoms with Gasteiger partial charge in [-0.25, -0.2) is 4.89 Å². The lowest BCUT2D eigenvalue weighted by molar-refractivity contribution is -0.283. The van der Waals surface area contributed by atoms with Gasteiger partial charge in [-0.2, -0.15) is 0 Å². The number of hydrogen-bond donors (Lipinski definition) is 1. The fourth-order valence-electron chi connectivity index (χ4n) is 4.68. The molecular formula is C23H42O5. The van der Waals surface area contributed by atoms with Crippen molar-refractivity contribution in [1.29, 1.82) is 0 Å². The Labute approximate surface area is 171 Å². The number of carbonyl (C=O) groups excluding carboxylic acids is 1. The lowest BCUT2D eigenvalue weighted by atomic mass is 9.84. The molecule has 0 bridgehead atoms. The van der Waals surface area contributed by atoms with Gasteiger partial charge in [-0.3, -0.25) is 10.1 Å². The zero-order chi connectivity index (χ0) is 19.9. The second-order valence-electron chi connectivity index (χ2n) is 8.77. The maximum Gasteiger partial charge on any atom is 0.305 e. The number of carbonyl (C=O) groups is 1. The number of unbranched alkanes of at least 4 members (excludes halogenated alkanes) is 3. The van der Waals surface area contributed by atoms with Crippen LogP contribution in [0.2, 0.25) is 0 Å². The standard InChI is InChI=1S/C23H42O5/c24-23(27-18-17-26-21-13-8-4-9-14-21)16-10-2-1-7-15-22(28-25)19-20-11-5-3-6-12-20/h20-22,25H,1-19H2. The zero-order valence-corrected chi connectivity index (χ0v) is 17.7. The van der Waals surface area contributed by atoms with E-state index in [4.69, 9.17) is 19.6 Å². The Hall–Kier alpha value is -0.650. The molecule has 0 aromatic rings. The van der Waals surface area contributed by atoms with E-state index >= 15 is 0 Å². The van der Waals surface area contributed by atoms with Gasteiger partial charge in [-0.1, -0.05) is 70.6 Å². The minimum Gasteiger partial charge on any atom is -0.463 e. The third kappa shape index (κ3) is 10.8. The maximum atomic E-state index is 11.8. The monoisotopic (exact) mass is 398 g/mol. The third-order valence-electron chi connectivity index (χ3n) is 6.38. The Kier molecular flexibility index (Phi) is 12.8. The minimum atomic E-state index is -0.110. The van der Waals surface area contributed by atoms with Gasteiger partial charge in [0.25, 0.3) is 0 Å². The topological polar surface area (TPSA) is 65.0 Å². The molecule has 2 aliphatic carbocycles. The highest BCUT2D eigenvalue weighted by Crippen LogP contribution is 2.29. The molecule has 0 aliphatic heterocycles. The molecule has 0 radical (unpaired) electrons. The summed E-state index contributed by atoms with van der Waals surface area (Å²) < 4.78 is 11.0. The van der Waals surface area contributed by atoms with Crippen LogP contribution in [0.1, 0.15) is 109 Å². The fourth-order valence-corrected chi connectivity index (χ4v) is 4.68. The third-order valence-corrected chi connectivity index (χ3v) is 6.38. The molecule has 2 saturated carbocycles. The van der Waals surface area contributed by atoms with Crippen LogP contribution in [0.5, 0.6) is 0 Å². The smallest absolute Gasteiger partial charge is 0.305 e. The van der Waals surface area contributed by atoms with Gasteiger partial charge in [0.2, 0.25) is 0 Å². The van der Waals surface area contributed by atoms with E-state index in [2.05, 4.69) is 0 Å². The lowest BCUT2D eigenvalue weighted by Gasteiger charge is -2.24. The fraction of sp³-hybridized carbons (Fsp3) is 0.957. The van der Waals surface area contributed by atoms with Crippen LogP contribution < -0.4 is 0 Å². The summed E-state index contributed by atoms with van der Waals surface area (Å²) in [5, 5.41) is 9.15. The summed E-state index contributed by atoms with van der Waals surface area (Å²) in [7, 11) is 0. The van der Waals surface area contributed by atoms with Gasteiger partial charge < -0.3 is 9.47 Å². The number of hydrogen-bond acceptors (Lipinski definition) is 5. The predicted molar refractivity (Wildman–Crippen MR) is 110 cm³/mol. The van der Waals surface area contributed by atoms with Crippen molar-refractivity contribution in [2.75, 3.05) is 13.2 Å². The molecule has 28 heavy (non-hydrogen) atoms. The Morgan fingerprint density at radius 1 is 0.857 bits per heavy atom. The molecule has 164 valence electrons. The van der Waals surface area contributed by atoms with Gasteiger partial charge in [-0.05, 0) is 38.0 Å². The highest BCUT2D eigenvalue weighted by atomic mass is 17.1. The largest absolute Gasteiger partial charge is 0.463 e. The average molecular weight is 399 g/mol. The van der Waals surface area contributed by atoms with E-state index in [0.29, 0.717) is 25.7 Å². The molecule has 0 heterocycles. The molecule has 1 N–H and O–H groups in total. The van der Waals surface area contributed by atoms with Crippen molar-refractivity contribution in [3.05, 3.63) is 0 Å². The SMILES string of the molecule is O=C(CCCCCCC(CC1CCCCC1)OO)OCCOC1CCCCC1. The van der Waals surface area contributed by atoms with Gasteiger partial charge >= 0.3 is 5.97 Å². The predicted octanol–water partition coefficient (Wildman–Crippen LogP) is 6.05. The summed E-state index contributed by atoms with van der Waals surface area (Å²) in [6.07, 6.45) is 19.5. The quantitative estimate of drug-likeness (QED) is 0.167. The summed E-state index contributed by atoms with van der Waals surface area (Å²) in [5.74, 6) is 0.615. The van der Waals surface area contributed by atoms with Crippen molar-refractivity contribution >= 4 is 5.97 Å². The molecule has 1 atom stereocenters. The molecule has 0 aromatic carbocycles. The van der Waals surface area contributed by atoms with Crippen LogP contribution in [0, 0.1) is 5.92 Å². The molecule has 0 saturated heterocycles. The van der Waals surface area contributed by atoms with Gasteiger partial charge in [0.05, 0.1) is 18.8 Å². The van der Waals surface area contributed by atoms with Crippen LogP contribution in [0.25, 0.3) is 0 Å². The molecule has 2 fully saturated rings. The first-order valence-corrected chi connectivity index (χ1v) is 11.9. The molecule has 5 heteroatoms. The van der Waals surface area contributed by atoms with Crippen LogP contribution in [-0.4, -0.2) is 36.6 Å². The highest BCUT2D eigenvalue weighted by molar-refractivity contribution is 5.69. The van der Waals surface area contributed by atoms with Crippen LogP contribution >= 0.6 is 0 Å². The Morgan fingerprint density at radius 3 is 2.25 bits per heavy atom. The molecule has 2 aliphatic rings. The first-order valence-electron chi connectivity index (χ1n) is 11.9. The summed E-state index contributed by atoms with van der Waals surface area (Å²) >= 11 is 0. The summed E-state index contributed by atoms with van der Waals surface area (Å²) in [6.45, 7) is 0.909. The van der Waals surface area contributed by atoms with Crippen molar-refractivity contribution in [2.45, 2.75) is 121 Å². The molecule has 2 rings (SSSR count). The normalized spacial score (nSPS) is 20.2. The van der Waals surface area contributed by atoms with Crippen molar-refractivity contribution in [1.82, 2.24) is 0 Å². The van der Waals surface area contributed by atoms with Crippen molar-refractivity contribution in [2.24, 2.45) is 5.92 Å². The van der Waals surface area contributed by atoms with Crippen molar-refractivity contribution in [3.63, 3.8) is 0 Å². The van der Waals surface area contributed by atoms with E-state index in [1.165, 1.54) is 51.4 Å². The van der Waals surface area contributed by atoms with Gasteiger partial charge in [-0.15, -0.1) is 0 Å². The second-order valence-corrected chi connectivity index (χ2v) is 8.77. The van der Waals surface area contributed by atoms with Crippen LogP contribution in [0.15, 0.2) is 0 Å². The zero-order valence-electron chi connectivity index (χ0n) is 17.7. The molecule has 0 aromatic heterocycles. The molecular weight excluding hydrogens is 356 g/mol. The minimum absolute atomic E-state index is 0.0165. The first kappa shape index (κ1) is 23.6. The highest BCUT2D eigenvalue weighted by Gasteiger charge is 2.19. The second kappa shape index (κ2) is 15.2. The van der Waals surface area contributed by atoms with Gasteiger partial charge in [0, 0.05) is 6.42 Å². The van der Waals surface area contributed by atoms with E-state index in [1.807, 2.05) is 0 Å². The number of rotatable bonds is 14.